The van der Waals surface area contributed by atoms with Gasteiger partial charge >= 0.3 is 11.9 Å². The Hall–Kier alpha value is -3.89. The standard InChI is InChI=1S/C31H47N5O14/c1-4-18-19(7-6-17-12-36(9-11-38)13-20(26(41)42)23(17)35-30(32)34-8-5-10-37)21(27(43)46-3)15-47-28(18)50-29-25(48-16-33-2)31(44,45)24(40)22(14-39)49-29/h4,6-7,13,15,18-19,22,24-25,28-29,33,37-40,44-45H,1,5,8-12,14,16H2,2-3H3,(H,41,42)(H3,32,34,35). The highest BCUT2D eigenvalue weighted by atomic mass is 16.8. The summed E-state index contributed by atoms with van der Waals surface area (Å²) in [6.07, 6.45) is -0.882. The summed E-state index contributed by atoms with van der Waals surface area (Å²) in [6, 6.07) is 0. The number of aliphatic carboxylic acids is 1. The summed E-state index contributed by atoms with van der Waals surface area (Å²) in [4.78, 5) is 30.9. The largest absolute Gasteiger partial charge is 0.478 e. The number of hydrogen-bond acceptors (Lipinski definition) is 16. The average Bonchev–Trinajstić information content (AvgIpc) is 3.09. The second-order valence-corrected chi connectivity index (χ2v) is 11.4. The van der Waals surface area contributed by atoms with Crippen LogP contribution in [-0.4, -0.2) is 156 Å². The van der Waals surface area contributed by atoms with Gasteiger partial charge in [-0.1, -0.05) is 18.2 Å². The van der Waals surface area contributed by atoms with E-state index in [1.54, 1.807) is 17.1 Å². The van der Waals surface area contributed by atoms with E-state index in [9.17, 15) is 40.2 Å². The fraction of sp³-hybridized carbons (Fsp3) is 0.581. The Morgan fingerprint density at radius 1 is 1.24 bits per heavy atom. The topological polar surface area (TPSA) is 288 Å². The number of nitrogens with two attached hydrogens (primary N) is 1. The predicted octanol–water partition coefficient (Wildman–Crippen LogP) is -3.47. The van der Waals surface area contributed by atoms with Gasteiger partial charge in [0.05, 0.1) is 56.1 Å². The van der Waals surface area contributed by atoms with Gasteiger partial charge in [0.2, 0.25) is 12.1 Å². The van der Waals surface area contributed by atoms with Gasteiger partial charge in [0.1, 0.15) is 12.2 Å². The molecule has 280 valence electrons. The molecule has 19 heteroatoms. The highest BCUT2D eigenvalue weighted by molar-refractivity contribution is 5.95. The number of aliphatic hydroxyl groups excluding tert-OH is 4. The number of carboxylic acids is 1. The zero-order chi connectivity index (χ0) is 37.0. The van der Waals surface area contributed by atoms with Crippen LogP contribution in [0.15, 0.2) is 64.7 Å². The van der Waals surface area contributed by atoms with Gasteiger partial charge in [0.25, 0.3) is 0 Å². The molecule has 1 fully saturated rings. The number of nitrogens with one attached hydrogen (secondary N) is 2. The van der Waals surface area contributed by atoms with Crippen molar-refractivity contribution in [3.8, 4) is 0 Å². The van der Waals surface area contributed by atoms with E-state index < -0.39 is 67.1 Å². The highest BCUT2D eigenvalue weighted by Crippen LogP contribution is 2.38. The molecular formula is C31H47N5O14. The normalized spacial score (nSPS) is 28.5. The lowest BCUT2D eigenvalue weighted by atomic mass is 9.83. The Balaban J connectivity index is 2.06. The monoisotopic (exact) mass is 713 g/mol. The molecule has 7 unspecified atom stereocenters. The van der Waals surface area contributed by atoms with Crippen molar-refractivity contribution < 1.29 is 69.0 Å². The first-order valence-corrected chi connectivity index (χ1v) is 15.6. The first kappa shape index (κ1) is 40.5. The Bertz CT molecular complexity index is 1350. The van der Waals surface area contributed by atoms with Crippen molar-refractivity contribution >= 4 is 17.9 Å². The van der Waals surface area contributed by atoms with Crippen molar-refractivity contribution in [1.82, 2.24) is 15.5 Å². The molecule has 0 aliphatic carbocycles. The molecule has 0 saturated carbocycles. The third-order valence-electron chi connectivity index (χ3n) is 7.98. The van der Waals surface area contributed by atoms with Crippen molar-refractivity contribution in [3.63, 3.8) is 0 Å². The summed E-state index contributed by atoms with van der Waals surface area (Å²) in [7, 11) is 2.69. The lowest BCUT2D eigenvalue weighted by Crippen LogP contribution is -2.69. The maximum atomic E-state index is 12.9. The maximum Gasteiger partial charge on any atom is 0.339 e. The SMILES string of the molecule is C=CC1C(OC2OC(CO)C(O)C(O)(O)C2OCNC)OC=C(C(=O)OC)C1C=CC1=C(NC(N)=NCCCO)C(C(=O)O)=CN(CCO)C1. The van der Waals surface area contributed by atoms with Crippen molar-refractivity contribution in [2.24, 2.45) is 22.6 Å². The number of carbonyl (C=O) groups is 2. The number of hydrogen-bond donors (Lipinski definition) is 10. The van der Waals surface area contributed by atoms with Crippen LogP contribution in [0.5, 0.6) is 0 Å². The van der Waals surface area contributed by atoms with Crippen molar-refractivity contribution in [1.29, 1.82) is 0 Å². The quantitative estimate of drug-likeness (QED) is 0.0175. The summed E-state index contributed by atoms with van der Waals surface area (Å²) in [5.41, 5.74) is 6.32. The Morgan fingerprint density at radius 2 is 1.98 bits per heavy atom. The summed E-state index contributed by atoms with van der Waals surface area (Å²) in [6.45, 7) is 2.80. The summed E-state index contributed by atoms with van der Waals surface area (Å²) in [5.74, 6) is -6.96. The molecule has 0 aromatic carbocycles. The fourth-order valence-electron chi connectivity index (χ4n) is 5.45. The van der Waals surface area contributed by atoms with E-state index in [2.05, 4.69) is 22.2 Å². The number of esters is 1. The van der Waals surface area contributed by atoms with Gasteiger partial charge in [-0.2, -0.15) is 0 Å². The molecule has 3 aliphatic rings. The van der Waals surface area contributed by atoms with E-state index in [1.165, 1.54) is 26.4 Å². The maximum absolute atomic E-state index is 12.9. The molecule has 19 nitrogen and oxygen atoms in total. The second-order valence-electron chi connectivity index (χ2n) is 11.4. The number of β-amino-alcohol motifs (C(OH)–C–C–N with tert-alkyl or cyclic N) is 1. The van der Waals surface area contributed by atoms with Crippen molar-refractivity contribution in [3.05, 3.63) is 59.7 Å². The Kier molecular flexibility index (Phi) is 15.3. The minimum Gasteiger partial charge on any atom is -0.478 e. The number of aliphatic hydroxyl groups is 6. The van der Waals surface area contributed by atoms with Crippen molar-refractivity contribution in [2.45, 2.75) is 43.1 Å². The van der Waals surface area contributed by atoms with Crippen LogP contribution in [-0.2, 0) is 33.3 Å². The van der Waals surface area contributed by atoms with Crippen LogP contribution in [0.3, 0.4) is 0 Å². The van der Waals surface area contributed by atoms with E-state index >= 15 is 0 Å². The molecule has 3 heterocycles. The molecule has 0 spiro atoms. The molecule has 1 saturated heterocycles. The summed E-state index contributed by atoms with van der Waals surface area (Å²) >= 11 is 0. The zero-order valence-electron chi connectivity index (χ0n) is 27.8. The molecule has 3 rings (SSSR count). The number of aliphatic imine (C=N–C) groups is 1. The highest BCUT2D eigenvalue weighted by Gasteiger charge is 2.57. The molecule has 0 aromatic heterocycles. The van der Waals surface area contributed by atoms with Crippen LogP contribution >= 0.6 is 0 Å². The number of carboxylic acid groups (broad SMARTS) is 1. The fourth-order valence-corrected chi connectivity index (χ4v) is 5.45. The summed E-state index contributed by atoms with van der Waals surface area (Å²) < 4.78 is 27.9. The lowest BCUT2D eigenvalue weighted by Gasteiger charge is -2.47. The van der Waals surface area contributed by atoms with Crippen LogP contribution in [0, 0.1) is 11.8 Å². The third-order valence-corrected chi connectivity index (χ3v) is 7.98. The molecule has 0 bridgehead atoms. The molecule has 11 N–H and O–H groups in total. The van der Waals surface area contributed by atoms with Crippen LogP contribution in [0.4, 0.5) is 0 Å². The van der Waals surface area contributed by atoms with Gasteiger partial charge in [-0.15, -0.1) is 6.58 Å². The van der Waals surface area contributed by atoms with Crippen LogP contribution in [0.25, 0.3) is 0 Å². The average molecular weight is 714 g/mol. The van der Waals surface area contributed by atoms with E-state index in [-0.39, 0.29) is 62.4 Å². The zero-order valence-corrected chi connectivity index (χ0v) is 27.8. The lowest BCUT2D eigenvalue weighted by molar-refractivity contribution is -0.410. The van der Waals surface area contributed by atoms with Crippen LogP contribution in [0.2, 0.25) is 0 Å². The number of guanidine groups is 1. The van der Waals surface area contributed by atoms with Gasteiger partial charge in [0.15, 0.2) is 18.4 Å². The summed E-state index contributed by atoms with van der Waals surface area (Å²) in [5, 5.41) is 76.0. The number of carbonyl (C=O) groups excluding carboxylic acids is 1. The van der Waals surface area contributed by atoms with E-state index in [0.29, 0.717) is 12.0 Å². The van der Waals surface area contributed by atoms with E-state index in [4.69, 9.17) is 34.5 Å². The van der Waals surface area contributed by atoms with Gasteiger partial charge in [-0.3, -0.25) is 10.3 Å². The predicted molar refractivity (Wildman–Crippen MR) is 173 cm³/mol. The number of rotatable bonds is 17. The number of allylic oxidation sites excluding steroid dienone is 1. The van der Waals surface area contributed by atoms with Gasteiger partial charge in [-0.05, 0) is 19.0 Å². The minimum absolute atomic E-state index is 0.0144. The molecule has 3 aliphatic heterocycles. The van der Waals surface area contributed by atoms with Crippen molar-refractivity contribution in [2.75, 3.05) is 60.3 Å². The Morgan fingerprint density at radius 3 is 2.58 bits per heavy atom. The van der Waals surface area contributed by atoms with Crippen LogP contribution in [0.1, 0.15) is 6.42 Å². The number of methoxy groups -OCH3 is 1. The number of nitrogens with zero attached hydrogens (tertiary/aromatic N) is 2. The van der Waals surface area contributed by atoms with Gasteiger partial charge in [0, 0.05) is 38.4 Å². The smallest absolute Gasteiger partial charge is 0.339 e. The molecule has 0 amide bonds. The van der Waals surface area contributed by atoms with Gasteiger partial charge in [-0.25, -0.2) is 9.59 Å². The molecule has 50 heavy (non-hydrogen) atoms. The Labute approximate surface area is 288 Å². The van der Waals surface area contributed by atoms with Gasteiger partial charge < -0.3 is 75.4 Å². The number of ether oxygens (including phenoxy) is 5. The van der Waals surface area contributed by atoms with E-state index in [1.807, 2.05) is 0 Å². The molecule has 0 radical (unpaired) electrons. The molecular weight excluding hydrogens is 666 g/mol. The molecule has 7 atom stereocenters. The first-order chi connectivity index (χ1) is 23.9. The second kappa shape index (κ2) is 18.9. The first-order valence-electron chi connectivity index (χ1n) is 15.6. The van der Waals surface area contributed by atoms with Crippen LogP contribution < -0.4 is 16.4 Å². The third kappa shape index (κ3) is 9.66. The minimum atomic E-state index is -2.94. The molecule has 0 aromatic rings. The van der Waals surface area contributed by atoms with E-state index in [0.717, 1.165) is 6.26 Å².